The summed E-state index contributed by atoms with van der Waals surface area (Å²) in [7, 11) is 0. The SMILES string of the molecule is O=C(Nc1cccc(Cl)c1Cl)c1cc(NCc2ccccn2)ccn1. The number of hydrogen-bond donors (Lipinski definition) is 2. The Morgan fingerprint density at radius 3 is 2.68 bits per heavy atom. The Kier molecular flexibility index (Phi) is 5.48. The summed E-state index contributed by atoms with van der Waals surface area (Å²) in [5.41, 5.74) is 2.37. The number of carbonyl (C=O) groups excluding carboxylic acids is 1. The Bertz CT molecular complexity index is 887. The van der Waals surface area contributed by atoms with E-state index < -0.39 is 0 Å². The molecule has 2 N–H and O–H groups in total. The number of hydrogen-bond acceptors (Lipinski definition) is 4. The predicted molar refractivity (Wildman–Crippen MR) is 100 cm³/mol. The van der Waals surface area contributed by atoms with E-state index in [1.165, 1.54) is 0 Å². The third-order valence-corrected chi connectivity index (χ3v) is 4.21. The molecule has 25 heavy (non-hydrogen) atoms. The molecule has 2 heterocycles. The lowest BCUT2D eigenvalue weighted by Gasteiger charge is -2.09. The standard InChI is InChI=1S/C18H14Cl2N4O/c19-14-5-3-6-15(17(14)20)24-18(25)16-10-12(7-9-22-16)23-11-13-4-1-2-8-21-13/h1-10H,11H2,(H,22,23)(H,24,25). The Morgan fingerprint density at radius 1 is 1.00 bits per heavy atom. The average molecular weight is 373 g/mol. The monoisotopic (exact) mass is 372 g/mol. The van der Waals surface area contributed by atoms with E-state index in [1.807, 2.05) is 18.2 Å². The lowest BCUT2D eigenvalue weighted by Crippen LogP contribution is -2.14. The van der Waals surface area contributed by atoms with Crippen LogP contribution < -0.4 is 10.6 Å². The highest BCUT2D eigenvalue weighted by atomic mass is 35.5. The topological polar surface area (TPSA) is 66.9 Å². The van der Waals surface area contributed by atoms with Crippen molar-refractivity contribution in [3.8, 4) is 0 Å². The third-order valence-electron chi connectivity index (χ3n) is 3.39. The summed E-state index contributed by atoms with van der Waals surface area (Å²) in [6.07, 6.45) is 3.30. The molecule has 7 heteroatoms. The quantitative estimate of drug-likeness (QED) is 0.683. The van der Waals surface area contributed by atoms with Crippen LogP contribution in [0, 0.1) is 0 Å². The highest BCUT2D eigenvalue weighted by Gasteiger charge is 2.12. The van der Waals surface area contributed by atoms with Gasteiger partial charge < -0.3 is 10.6 Å². The lowest BCUT2D eigenvalue weighted by atomic mass is 10.2. The molecule has 5 nitrogen and oxygen atoms in total. The molecule has 3 aromatic rings. The maximum atomic E-state index is 12.4. The van der Waals surface area contributed by atoms with Crippen molar-refractivity contribution in [2.75, 3.05) is 10.6 Å². The molecule has 0 radical (unpaired) electrons. The van der Waals surface area contributed by atoms with Crippen LogP contribution in [0.25, 0.3) is 0 Å². The highest BCUT2D eigenvalue weighted by Crippen LogP contribution is 2.29. The van der Waals surface area contributed by atoms with E-state index in [2.05, 4.69) is 20.6 Å². The summed E-state index contributed by atoms with van der Waals surface area (Å²) in [5.74, 6) is -0.370. The van der Waals surface area contributed by atoms with Gasteiger partial charge in [0.05, 0.1) is 28.0 Å². The molecule has 0 aliphatic heterocycles. The largest absolute Gasteiger partial charge is 0.379 e. The van der Waals surface area contributed by atoms with Crippen molar-refractivity contribution in [2.45, 2.75) is 6.54 Å². The second kappa shape index (κ2) is 7.96. The van der Waals surface area contributed by atoms with Gasteiger partial charge in [0.2, 0.25) is 0 Å². The molecule has 0 bridgehead atoms. The van der Waals surface area contributed by atoms with Crippen molar-refractivity contribution < 1.29 is 4.79 Å². The molecule has 1 amide bonds. The molecule has 0 fully saturated rings. The Balaban J connectivity index is 1.70. The number of rotatable bonds is 5. The smallest absolute Gasteiger partial charge is 0.274 e. The van der Waals surface area contributed by atoms with Gasteiger partial charge in [-0.15, -0.1) is 0 Å². The predicted octanol–water partition coefficient (Wildman–Crippen LogP) is 4.65. The fourth-order valence-corrected chi connectivity index (χ4v) is 2.49. The molecule has 0 aliphatic rings. The number of benzene rings is 1. The van der Waals surface area contributed by atoms with E-state index in [0.29, 0.717) is 22.3 Å². The number of aromatic nitrogens is 2. The van der Waals surface area contributed by atoms with E-state index in [4.69, 9.17) is 23.2 Å². The third kappa shape index (κ3) is 4.47. The molecule has 0 saturated heterocycles. The molecular formula is C18H14Cl2N4O. The molecule has 3 rings (SSSR count). The minimum absolute atomic E-state index is 0.266. The van der Waals surface area contributed by atoms with Gasteiger partial charge in [-0.1, -0.05) is 35.3 Å². The van der Waals surface area contributed by atoms with Gasteiger partial charge in [0.15, 0.2) is 0 Å². The second-order valence-corrected chi connectivity index (χ2v) is 5.95. The maximum absolute atomic E-state index is 12.4. The van der Waals surface area contributed by atoms with Crippen molar-refractivity contribution in [2.24, 2.45) is 0 Å². The van der Waals surface area contributed by atoms with Crippen LogP contribution in [0.2, 0.25) is 10.0 Å². The van der Waals surface area contributed by atoms with Crippen molar-refractivity contribution >= 4 is 40.5 Å². The minimum Gasteiger partial charge on any atom is -0.379 e. The van der Waals surface area contributed by atoms with Crippen LogP contribution in [0.15, 0.2) is 60.9 Å². The van der Waals surface area contributed by atoms with Crippen LogP contribution in [0.5, 0.6) is 0 Å². The minimum atomic E-state index is -0.370. The van der Waals surface area contributed by atoms with Crippen molar-refractivity contribution in [1.29, 1.82) is 0 Å². The number of anilines is 2. The summed E-state index contributed by atoms with van der Waals surface area (Å²) in [5, 5.41) is 6.59. The van der Waals surface area contributed by atoms with E-state index in [1.54, 1.807) is 42.7 Å². The number of nitrogens with one attached hydrogen (secondary N) is 2. The molecule has 0 spiro atoms. The first-order valence-electron chi connectivity index (χ1n) is 7.48. The number of carbonyl (C=O) groups is 1. The number of halogens is 2. The van der Waals surface area contributed by atoms with Gasteiger partial charge in [-0.3, -0.25) is 14.8 Å². The van der Waals surface area contributed by atoms with Gasteiger partial charge in [-0.25, -0.2) is 0 Å². The number of amides is 1. The van der Waals surface area contributed by atoms with E-state index in [9.17, 15) is 4.79 Å². The van der Waals surface area contributed by atoms with Crippen molar-refractivity contribution in [3.63, 3.8) is 0 Å². The average Bonchev–Trinajstić information content (AvgIpc) is 2.65. The fraction of sp³-hybridized carbons (Fsp3) is 0.0556. The highest BCUT2D eigenvalue weighted by molar-refractivity contribution is 6.44. The maximum Gasteiger partial charge on any atom is 0.274 e. The first-order chi connectivity index (χ1) is 12.1. The summed E-state index contributed by atoms with van der Waals surface area (Å²) in [6, 6.07) is 14.2. The molecule has 0 aliphatic carbocycles. The molecule has 0 unspecified atom stereocenters. The Hall–Kier alpha value is -2.63. The first-order valence-corrected chi connectivity index (χ1v) is 8.24. The van der Waals surface area contributed by atoms with Crippen LogP contribution in [0.3, 0.4) is 0 Å². The van der Waals surface area contributed by atoms with Crippen LogP contribution in [-0.4, -0.2) is 15.9 Å². The van der Waals surface area contributed by atoms with Gasteiger partial charge in [-0.05, 0) is 36.4 Å². The van der Waals surface area contributed by atoms with Crippen LogP contribution in [0.4, 0.5) is 11.4 Å². The van der Waals surface area contributed by atoms with Gasteiger partial charge in [0.1, 0.15) is 5.69 Å². The zero-order valence-corrected chi connectivity index (χ0v) is 14.6. The van der Waals surface area contributed by atoms with Gasteiger partial charge in [0.25, 0.3) is 5.91 Å². The summed E-state index contributed by atoms with van der Waals surface area (Å²) >= 11 is 12.0. The van der Waals surface area contributed by atoms with Crippen LogP contribution >= 0.6 is 23.2 Å². The summed E-state index contributed by atoms with van der Waals surface area (Å²) < 4.78 is 0. The molecule has 2 aromatic heterocycles. The van der Waals surface area contributed by atoms with E-state index in [-0.39, 0.29) is 11.6 Å². The fourth-order valence-electron chi connectivity index (χ4n) is 2.15. The Labute approximate surface area is 155 Å². The normalized spacial score (nSPS) is 10.3. The van der Waals surface area contributed by atoms with Gasteiger partial charge in [0, 0.05) is 18.1 Å². The van der Waals surface area contributed by atoms with Gasteiger partial charge >= 0.3 is 0 Å². The second-order valence-electron chi connectivity index (χ2n) is 5.16. The van der Waals surface area contributed by atoms with Crippen molar-refractivity contribution in [3.05, 3.63) is 82.4 Å². The van der Waals surface area contributed by atoms with E-state index in [0.717, 1.165) is 11.4 Å². The zero-order chi connectivity index (χ0) is 17.6. The van der Waals surface area contributed by atoms with Crippen LogP contribution in [-0.2, 0) is 6.54 Å². The molecule has 1 aromatic carbocycles. The van der Waals surface area contributed by atoms with E-state index >= 15 is 0 Å². The van der Waals surface area contributed by atoms with Crippen LogP contribution in [0.1, 0.15) is 16.2 Å². The number of nitrogens with zero attached hydrogens (tertiary/aromatic N) is 2. The van der Waals surface area contributed by atoms with Gasteiger partial charge in [-0.2, -0.15) is 0 Å². The zero-order valence-electron chi connectivity index (χ0n) is 13.0. The first kappa shape index (κ1) is 17.2. The molecule has 0 saturated carbocycles. The Morgan fingerprint density at radius 2 is 1.88 bits per heavy atom. The molecular weight excluding hydrogens is 359 g/mol. The molecule has 0 atom stereocenters. The summed E-state index contributed by atoms with van der Waals surface area (Å²) in [6.45, 7) is 0.548. The lowest BCUT2D eigenvalue weighted by molar-refractivity contribution is 0.102. The summed E-state index contributed by atoms with van der Waals surface area (Å²) in [4.78, 5) is 20.7. The number of pyridine rings is 2. The molecule has 126 valence electrons. The van der Waals surface area contributed by atoms with Crippen molar-refractivity contribution in [1.82, 2.24) is 9.97 Å².